The number of rotatable bonds is 1. The van der Waals surface area contributed by atoms with E-state index in [1.807, 2.05) is 0 Å². The summed E-state index contributed by atoms with van der Waals surface area (Å²) in [5.41, 5.74) is -0.0777. The highest BCUT2D eigenvalue weighted by molar-refractivity contribution is 5.33. The van der Waals surface area contributed by atoms with Crippen molar-refractivity contribution < 1.29 is 8.50 Å². The van der Waals surface area contributed by atoms with Gasteiger partial charge in [-0.2, -0.15) is 0 Å². The average Bonchev–Trinajstić information content (AvgIpc) is 2.28. The van der Waals surface area contributed by atoms with Crippen LogP contribution in [0.3, 0.4) is 0 Å². The smallest absolute Gasteiger partial charge is 0.255 e. The molecule has 0 unspecified atom stereocenters. The van der Waals surface area contributed by atoms with Crippen LogP contribution in [0.15, 0.2) is 47.4 Å². The van der Waals surface area contributed by atoms with Crippen molar-refractivity contribution in [3.8, 4) is 5.69 Å². The van der Waals surface area contributed by atoms with Gasteiger partial charge in [-0.3, -0.25) is 9.36 Å². The summed E-state index contributed by atoms with van der Waals surface area (Å²) in [6.45, 7) is -2.30. The Bertz CT molecular complexity index is 634. The van der Waals surface area contributed by atoms with Gasteiger partial charge in [-0.25, -0.2) is 4.39 Å². The molecule has 0 aliphatic heterocycles. The Hall–Kier alpha value is -1.90. The van der Waals surface area contributed by atoms with Gasteiger partial charge in [0.2, 0.25) is 0 Å². The van der Waals surface area contributed by atoms with E-state index < -0.39 is 18.2 Å². The molecule has 1 aromatic heterocycles. The molecule has 0 spiro atoms. The van der Waals surface area contributed by atoms with E-state index in [0.717, 1.165) is 10.6 Å². The molecule has 0 aliphatic carbocycles. The van der Waals surface area contributed by atoms with Gasteiger partial charge in [0.1, 0.15) is 5.82 Å². The van der Waals surface area contributed by atoms with Gasteiger partial charge in [0, 0.05) is 16.4 Å². The molecular weight excluding hydrogens is 193 g/mol. The fourth-order valence-electron chi connectivity index (χ4n) is 1.31. The molecule has 2 aromatic rings. The first kappa shape index (κ1) is 6.56. The van der Waals surface area contributed by atoms with E-state index in [2.05, 4.69) is 0 Å². The fourth-order valence-corrected chi connectivity index (χ4v) is 1.31. The predicted molar refractivity (Wildman–Crippen MR) is 56.7 cm³/mol. The Kier molecular flexibility index (Phi) is 1.61. The Labute approximate surface area is 90.8 Å². The fraction of sp³-hybridized carbons (Fsp3) is 0.0833. The van der Waals surface area contributed by atoms with Gasteiger partial charge in [0.15, 0.2) is 0 Å². The monoisotopic (exact) mass is 206 g/mol. The van der Waals surface area contributed by atoms with Crippen molar-refractivity contribution in [2.45, 2.75) is 6.85 Å². The van der Waals surface area contributed by atoms with E-state index in [1.54, 1.807) is 0 Å². The third kappa shape index (κ3) is 1.96. The van der Waals surface area contributed by atoms with Crippen LogP contribution in [0.5, 0.6) is 0 Å². The van der Waals surface area contributed by atoms with Crippen LogP contribution in [-0.2, 0) is 0 Å². The molecule has 0 amide bonds. The Morgan fingerprint density at radius 2 is 2.20 bits per heavy atom. The largest absolute Gasteiger partial charge is 0.284 e. The van der Waals surface area contributed by atoms with Crippen molar-refractivity contribution in [1.29, 1.82) is 0 Å². The standard InChI is InChI=1S/C12H10FNO/c1-9-5-6-12(15)14(8-9)11-4-2-3-10(13)7-11/h2-8H,1H3/i1D3. The molecule has 0 saturated carbocycles. The summed E-state index contributed by atoms with van der Waals surface area (Å²) < 4.78 is 36.1. The molecule has 0 atom stereocenters. The minimum Gasteiger partial charge on any atom is -0.284 e. The van der Waals surface area contributed by atoms with Crippen LogP contribution >= 0.6 is 0 Å². The number of benzene rings is 1. The number of aryl methyl sites for hydroxylation is 1. The summed E-state index contributed by atoms with van der Waals surface area (Å²) in [7, 11) is 0. The van der Waals surface area contributed by atoms with Crippen LogP contribution in [0.25, 0.3) is 5.69 Å². The minimum atomic E-state index is -2.30. The first-order chi connectivity index (χ1) is 8.38. The zero-order chi connectivity index (χ0) is 13.3. The molecule has 2 nitrogen and oxygen atoms in total. The van der Waals surface area contributed by atoms with Gasteiger partial charge in [-0.1, -0.05) is 12.1 Å². The second-order valence-corrected chi connectivity index (χ2v) is 3.11. The van der Waals surface area contributed by atoms with Crippen LogP contribution in [0.4, 0.5) is 4.39 Å². The van der Waals surface area contributed by atoms with Crippen molar-refractivity contribution in [2.75, 3.05) is 0 Å². The van der Waals surface area contributed by atoms with Crippen molar-refractivity contribution in [1.82, 2.24) is 4.57 Å². The molecule has 1 aromatic carbocycles. The lowest BCUT2D eigenvalue weighted by atomic mass is 10.2. The molecule has 0 bridgehead atoms. The Morgan fingerprint density at radius 3 is 2.93 bits per heavy atom. The van der Waals surface area contributed by atoms with Gasteiger partial charge >= 0.3 is 0 Å². The zero-order valence-electron chi connectivity index (χ0n) is 10.8. The lowest BCUT2D eigenvalue weighted by molar-refractivity contribution is 0.626. The topological polar surface area (TPSA) is 22.0 Å². The molecule has 0 saturated heterocycles. The van der Waals surface area contributed by atoms with E-state index in [9.17, 15) is 9.18 Å². The summed E-state index contributed by atoms with van der Waals surface area (Å²) >= 11 is 0. The van der Waals surface area contributed by atoms with Crippen LogP contribution < -0.4 is 5.56 Å². The lowest BCUT2D eigenvalue weighted by Gasteiger charge is -2.05. The van der Waals surface area contributed by atoms with Crippen LogP contribution in [0, 0.1) is 12.7 Å². The minimum absolute atomic E-state index is 0.0337. The first-order valence-corrected chi connectivity index (χ1v) is 4.37. The van der Waals surface area contributed by atoms with E-state index >= 15 is 0 Å². The number of nitrogens with zero attached hydrogens (tertiary/aromatic N) is 1. The summed E-state index contributed by atoms with van der Waals surface area (Å²) in [5, 5.41) is 0. The quantitative estimate of drug-likeness (QED) is 0.701. The molecule has 15 heavy (non-hydrogen) atoms. The molecule has 0 fully saturated rings. The summed E-state index contributed by atoms with van der Waals surface area (Å²) in [6, 6.07) is 7.83. The van der Waals surface area contributed by atoms with Crippen molar-refractivity contribution in [3.63, 3.8) is 0 Å². The lowest BCUT2D eigenvalue weighted by Crippen LogP contribution is -2.16. The third-order valence-corrected chi connectivity index (χ3v) is 2.00. The van der Waals surface area contributed by atoms with E-state index in [1.165, 1.54) is 36.5 Å². The first-order valence-electron chi connectivity index (χ1n) is 5.87. The number of pyridine rings is 1. The number of hydrogen-bond acceptors (Lipinski definition) is 1. The van der Waals surface area contributed by atoms with Gasteiger partial charge in [-0.05, 0) is 30.6 Å². The zero-order valence-corrected chi connectivity index (χ0v) is 7.77. The highest BCUT2D eigenvalue weighted by Gasteiger charge is 2.00. The number of hydrogen-bond donors (Lipinski definition) is 0. The maximum absolute atomic E-state index is 13.1. The Morgan fingerprint density at radius 1 is 1.33 bits per heavy atom. The van der Waals surface area contributed by atoms with Gasteiger partial charge in [0.05, 0.1) is 5.69 Å². The van der Waals surface area contributed by atoms with Crippen LogP contribution in [0.2, 0.25) is 0 Å². The van der Waals surface area contributed by atoms with Crippen molar-refractivity contribution in [2.24, 2.45) is 0 Å². The van der Waals surface area contributed by atoms with Crippen molar-refractivity contribution >= 4 is 0 Å². The van der Waals surface area contributed by atoms with E-state index in [0.29, 0.717) is 5.69 Å². The maximum Gasteiger partial charge on any atom is 0.255 e. The third-order valence-electron chi connectivity index (χ3n) is 2.00. The van der Waals surface area contributed by atoms with Crippen molar-refractivity contribution in [3.05, 3.63) is 64.3 Å². The average molecular weight is 206 g/mol. The molecule has 1 heterocycles. The molecule has 76 valence electrons. The second kappa shape index (κ2) is 3.69. The summed E-state index contributed by atoms with van der Waals surface area (Å²) in [4.78, 5) is 11.7. The van der Waals surface area contributed by atoms with Crippen LogP contribution in [0.1, 0.15) is 9.68 Å². The molecule has 2 rings (SSSR count). The predicted octanol–water partition coefficient (Wildman–Crippen LogP) is 2.29. The highest BCUT2D eigenvalue weighted by Crippen LogP contribution is 2.07. The molecule has 3 heteroatoms. The SMILES string of the molecule is [2H]C([2H])([2H])c1ccc(=O)n(-c2cccc(F)c2)c1. The molecule has 0 radical (unpaired) electrons. The van der Waals surface area contributed by atoms with Gasteiger partial charge in [-0.15, -0.1) is 0 Å². The van der Waals surface area contributed by atoms with Crippen LogP contribution in [-0.4, -0.2) is 4.57 Å². The Balaban J connectivity index is 2.61. The number of halogens is 1. The molecule has 0 aliphatic rings. The molecular formula is C12H10FNO. The summed E-state index contributed by atoms with van der Waals surface area (Å²) in [6.07, 6.45) is 1.21. The normalized spacial score (nSPS) is 14.1. The maximum atomic E-state index is 13.1. The number of aromatic nitrogens is 1. The van der Waals surface area contributed by atoms with Gasteiger partial charge < -0.3 is 0 Å². The van der Waals surface area contributed by atoms with Gasteiger partial charge in [0.25, 0.3) is 5.56 Å². The highest BCUT2D eigenvalue weighted by atomic mass is 19.1. The van der Waals surface area contributed by atoms with E-state index in [-0.39, 0.29) is 5.56 Å². The summed E-state index contributed by atoms with van der Waals surface area (Å²) in [5.74, 6) is -0.487. The van der Waals surface area contributed by atoms with E-state index in [4.69, 9.17) is 4.11 Å². The molecule has 0 N–H and O–H groups in total. The second-order valence-electron chi connectivity index (χ2n) is 3.11.